The van der Waals surface area contributed by atoms with Crippen molar-refractivity contribution in [1.82, 2.24) is 25.5 Å². The number of hydrogen-bond donors (Lipinski definition) is 1. The zero-order chi connectivity index (χ0) is 15.5. The minimum Gasteiger partial charge on any atom is -0.298 e. The van der Waals surface area contributed by atoms with E-state index in [2.05, 4.69) is 25.5 Å². The van der Waals surface area contributed by atoms with E-state index >= 15 is 0 Å². The lowest BCUT2D eigenvalue weighted by molar-refractivity contribution is 0.319. The van der Waals surface area contributed by atoms with Gasteiger partial charge in [-0.2, -0.15) is 5.21 Å². The lowest BCUT2D eigenvalue weighted by Crippen LogP contribution is -2.17. The normalized spacial score (nSPS) is 11.3. The Hall–Kier alpha value is -1.83. The van der Waals surface area contributed by atoms with E-state index < -0.39 is 5.82 Å². The van der Waals surface area contributed by atoms with Gasteiger partial charge in [0.2, 0.25) is 5.82 Å². The van der Waals surface area contributed by atoms with Crippen molar-refractivity contribution >= 4 is 22.9 Å². The molecular weight excluding hydrogens is 325 g/mol. The molecule has 1 N–H and O–H groups in total. The molecule has 0 saturated carbocycles. The lowest BCUT2D eigenvalue weighted by Gasteiger charge is -2.17. The molecule has 0 saturated heterocycles. The number of thiophene rings is 1. The Kier molecular flexibility index (Phi) is 4.47. The second-order valence-electron chi connectivity index (χ2n) is 4.93. The maximum atomic E-state index is 13.5. The summed E-state index contributed by atoms with van der Waals surface area (Å²) >= 11 is 7.27. The molecular formula is C14H13ClFN5S. The van der Waals surface area contributed by atoms with Crippen LogP contribution in [0.4, 0.5) is 4.39 Å². The van der Waals surface area contributed by atoms with Gasteiger partial charge >= 0.3 is 0 Å². The van der Waals surface area contributed by atoms with Crippen LogP contribution in [0, 0.1) is 5.82 Å². The third-order valence-corrected chi connectivity index (χ3v) is 4.43. The number of nitrogens with one attached hydrogen (secondary N) is 1. The van der Waals surface area contributed by atoms with Crippen LogP contribution in [0.3, 0.4) is 0 Å². The zero-order valence-corrected chi connectivity index (χ0v) is 13.3. The highest BCUT2D eigenvalue weighted by molar-refractivity contribution is 7.13. The minimum absolute atomic E-state index is 0.142. The number of tetrazole rings is 1. The predicted molar refractivity (Wildman–Crippen MR) is 84.1 cm³/mol. The fourth-order valence-corrected chi connectivity index (χ4v) is 3.17. The molecule has 0 spiro atoms. The molecule has 0 radical (unpaired) electrons. The molecule has 2 heterocycles. The first-order valence-corrected chi connectivity index (χ1v) is 7.82. The maximum Gasteiger partial charge on any atom is 0.214 e. The van der Waals surface area contributed by atoms with Gasteiger partial charge in [-0.05, 0) is 47.0 Å². The van der Waals surface area contributed by atoms with Crippen molar-refractivity contribution in [3.63, 3.8) is 0 Å². The first-order chi connectivity index (χ1) is 10.6. The van der Waals surface area contributed by atoms with Gasteiger partial charge in [0, 0.05) is 13.1 Å². The second-order valence-corrected chi connectivity index (χ2v) is 6.25. The number of rotatable bonds is 5. The summed E-state index contributed by atoms with van der Waals surface area (Å²) in [5.74, 6) is 0.200. The van der Waals surface area contributed by atoms with Crippen LogP contribution in [0.1, 0.15) is 11.1 Å². The topological polar surface area (TPSA) is 57.7 Å². The Morgan fingerprint density at radius 2 is 2.18 bits per heavy atom. The van der Waals surface area contributed by atoms with Crippen LogP contribution in [0.5, 0.6) is 0 Å². The van der Waals surface area contributed by atoms with E-state index in [4.69, 9.17) is 11.6 Å². The maximum absolute atomic E-state index is 13.5. The number of aromatic amines is 1. The highest BCUT2D eigenvalue weighted by atomic mass is 35.5. The van der Waals surface area contributed by atoms with Gasteiger partial charge in [0.25, 0.3) is 0 Å². The van der Waals surface area contributed by atoms with Crippen molar-refractivity contribution in [2.24, 2.45) is 0 Å². The molecule has 0 aliphatic carbocycles. The second kappa shape index (κ2) is 6.51. The summed E-state index contributed by atoms with van der Waals surface area (Å²) in [6.07, 6.45) is 0. The third-order valence-electron chi connectivity index (χ3n) is 3.17. The fourth-order valence-electron chi connectivity index (χ4n) is 2.21. The highest BCUT2D eigenvalue weighted by Crippen LogP contribution is 2.27. The smallest absolute Gasteiger partial charge is 0.214 e. The number of nitrogens with zero attached hydrogens (tertiary/aromatic N) is 4. The van der Waals surface area contributed by atoms with Gasteiger partial charge in [-0.15, -0.1) is 21.5 Å². The predicted octanol–water partition coefficient (Wildman–Crippen LogP) is 3.35. The van der Waals surface area contributed by atoms with E-state index in [1.165, 1.54) is 6.07 Å². The van der Waals surface area contributed by atoms with Gasteiger partial charge in [0.1, 0.15) is 5.82 Å². The van der Waals surface area contributed by atoms with Crippen LogP contribution in [-0.4, -0.2) is 32.6 Å². The Labute approximate surface area is 135 Å². The monoisotopic (exact) mass is 337 g/mol. The van der Waals surface area contributed by atoms with Crippen LogP contribution in [0.25, 0.3) is 10.7 Å². The summed E-state index contributed by atoms with van der Waals surface area (Å²) in [5, 5.41) is 16.2. The SMILES string of the molecule is CN(Cc1ccc(Cl)c(F)c1)Cc1ccsc1-c1nn[nH]n1. The fraction of sp³-hybridized carbons (Fsp3) is 0.214. The third kappa shape index (κ3) is 3.32. The zero-order valence-electron chi connectivity index (χ0n) is 11.8. The molecule has 0 unspecified atom stereocenters. The van der Waals surface area contributed by atoms with Gasteiger partial charge in [-0.1, -0.05) is 17.7 Å². The Morgan fingerprint density at radius 1 is 1.32 bits per heavy atom. The molecule has 0 fully saturated rings. The van der Waals surface area contributed by atoms with Crippen LogP contribution in [-0.2, 0) is 13.1 Å². The number of H-pyrrole nitrogens is 1. The van der Waals surface area contributed by atoms with Crippen molar-refractivity contribution in [2.45, 2.75) is 13.1 Å². The minimum atomic E-state index is -0.393. The average molecular weight is 338 g/mol. The number of halogens is 2. The molecule has 1 aromatic carbocycles. The van der Waals surface area contributed by atoms with Crippen LogP contribution < -0.4 is 0 Å². The Morgan fingerprint density at radius 3 is 2.91 bits per heavy atom. The van der Waals surface area contributed by atoms with Crippen molar-refractivity contribution in [3.8, 4) is 10.7 Å². The van der Waals surface area contributed by atoms with E-state index in [9.17, 15) is 4.39 Å². The van der Waals surface area contributed by atoms with Crippen molar-refractivity contribution in [3.05, 3.63) is 51.6 Å². The van der Waals surface area contributed by atoms with Crippen LogP contribution >= 0.6 is 22.9 Å². The van der Waals surface area contributed by atoms with E-state index in [-0.39, 0.29) is 5.02 Å². The highest BCUT2D eigenvalue weighted by Gasteiger charge is 2.13. The van der Waals surface area contributed by atoms with Crippen molar-refractivity contribution < 1.29 is 4.39 Å². The molecule has 0 aliphatic rings. The van der Waals surface area contributed by atoms with E-state index in [1.54, 1.807) is 17.4 Å². The van der Waals surface area contributed by atoms with Gasteiger partial charge in [-0.25, -0.2) is 4.39 Å². The molecule has 3 rings (SSSR count). The summed E-state index contributed by atoms with van der Waals surface area (Å²) in [7, 11) is 1.98. The lowest BCUT2D eigenvalue weighted by atomic mass is 10.2. The van der Waals surface area contributed by atoms with E-state index in [1.807, 2.05) is 24.6 Å². The van der Waals surface area contributed by atoms with Gasteiger partial charge in [0.15, 0.2) is 0 Å². The molecule has 2 aromatic heterocycles. The molecule has 0 aliphatic heterocycles. The van der Waals surface area contributed by atoms with Gasteiger partial charge in [0.05, 0.1) is 9.90 Å². The number of aromatic nitrogens is 4. The van der Waals surface area contributed by atoms with E-state index in [0.717, 1.165) is 16.0 Å². The summed E-state index contributed by atoms with van der Waals surface area (Å²) in [6.45, 7) is 1.33. The van der Waals surface area contributed by atoms with Gasteiger partial charge in [-0.3, -0.25) is 4.90 Å². The summed E-state index contributed by atoms with van der Waals surface area (Å²) in [4.78, 5) is 3.08. The molecule has 3 aromatic rings. The molecule has 0 bridgehead atoms. The van der Waals surface area contributed by atoms with Crippen molar-refractivity contribution in [2.75, 3.05) is 7.05 Å². The first kappa shape index (κ1) is 15.1. The Bertz CT molecular complexity index is 758. The molecule has 8 heteroatoms. The quantitative estimate of drug-likeness (QED) is 0.775. The largest absolute Gasteiger partial charge is 0.298 e. The number of benzene rings is 1. The van der Waals surface area contributed by atoms with E-state index in [0.29, 0.717) is 18.9 Å². The average Bonchev–Trinajstić information content (AvgIpc) is 3.13. The molecule has 0 amide bonds. The van der Waals surface area contributed by atoms with Gasteiger partial charge < -0.3 is 0 Å². The summed E-state index contributed by atoms with van der Waals surface area (Å²) < 4.78 is 13.5. The van der Waals surface area contributed by atoms with Crippen molar-refractivity contribution in [1.29, 1.82) is 0 Å². The summed E-state index contributed by atoms with van der Waals surface area (Å²) in [6, 6.07) is 6.91. The standard InChI is InChI=1S/C14H13ClFN5S/c1-21(7-9-2-3-11(15)12(16)6-9)8-10-4-5-22-13(10)14-17-19-20-18-14/h2-6H,7-8H2,1H3,(H,17,18,19,20). The Balaban J connectivity index is 1.71. The summed E-state index contributed by atoms with van der Waals surface area (Å²) in [5.41, 5.74) is 1.99. The number of hydrogen-bond acceptors (Lipinski definition) is 5. The molecule has 22 heavy (non-hydrogen) atoms. The molecule has 0 atom stereocenters. The molecule has 114 valence electrons. The first-order valence-electron chi connectivity index (χ1n) is 6.56. The van der Waals surface area contributed by atoms with Crippen LogP contribution in [0.2, 0.25) is 5.02 Å². The molecule has 5 nitrogen and oxygen atoms in total. The van der Waals surface area contributed by atoms with Crippen LogP contribution in [0.15, 0.2) is 29.6 Å².